The average molecular weight is 281 g/mol. The molecule has 7 nitrogen and oxygen atoms in total. The molecular formula is C13H19N3O4. The molecule has 20 heavy (non-hydrogen) atoms. The summed E-state index contributed by atoms with van der Waals surface area (Å²) < 4.78 is 15.1. The molecule has 0 radical (unpaired) electrons. The molecule has 0 saturated carbocycles. The number of methoxy groups -OCH3 is 2. The molecule has 0 aliphatic carbocycles. The summed E-state index contributed by atoms with van der Waals surface area (Å²) in [5, 5.41) is 13.1. The van der Waals surface area contributed by atoms with Crippen molar-refractivity contribution >= 4 is 0 Å². The van der Waals surface area contributed by atoms with E-state index < -0.39 is 12.3 Å². The number of hydrogen-bond acceptors (Lipinski definition) is 5. The summed E-state index contributed by atoms with van der Waals surface area (Å²) in [6.07, 6.45) is -0.735. The third-order valence-electron chi connectivity index (χ3n) is 2.69. The van der Waals surface area contributed by atoms with Crippen LogP contribution in [0.1, 0.15) is 5.56 Å². The van der Waals surface area contributed by atoms with Crippen molar-refractivity contribution in [3.8, 4) is 5.75 Å². The van der Waals surface area contributed by atoms with Crippen molar-refractivity contribution in [1.29, 1.82) is 0 Å². The predicted molar refractivity (Wildman–Crippen MR) is 73.5 cm³/mol. The number of aliphatic hydroxyl groups is 1. The number of nitrogens with zero attached hydrogens (tertiary/aromatic N) is 3. The molecule has 0 amide bonds. The first kappa shape index (κ1) is 16.3. The Morgan fingerprint density at radius 1 is 1.25 bits per heavy atom. The Bertz CT molecular complexity index is 432. The fraction of sp³-hybridized carbons (Fsp3) is 0.538. The number of benzene rings is 1. The van der Waals surface area contributed by atoms with Crippen LogP contribution < -0.4 is 4.74 Å². The van der Waals surface area contributed by atoms with Gasteiger partial charge in [-0.15, -0.1) is 0 Å². The molecule has 0 bridgehead atoms. The third-order valence-corrected chi connectivity index (χ3v) is 2.69. The molecule has 0 saturated heterocycles. The molecule has 0 aliphatic rings. The molecular weight excluding hydrogens is 262 g/mol. The summed E-state index contributed by atoms with van der Waals surface area (Å²) in [5.74, 6) is 0.735. The maximum atomic E-state index is 9.58. The Hall–Kier alpha value is -1.79. The van der Waals surface area contributed by atoms with Gasteiger partial charge in [-0.1, -0.05) is 17.2 Å². The first-order chi connectivity index (χ1) is 9.71. The SMILES string of the molecule is COCCOc1ccc(C[C@H](N=[N+]=[N-])C(O)OC)cc1. The normalized spacial score (nSPS) is 13.3. The summed E-state index contributed by atoms with van der Waals surface area (Å²) in [6, 6.07) is 6.67. The monoisotopic (exact) mass is 281 g/mol. The van der Waals surface area contributed by atoms with Crippen molar-refractivity contribution in [3.63, 3.8) is 0 Å². The molecule has 1 aromatic rings. The maximum absolute atomic E-state index is 9.58. The number of aliphatic hydroxyl groups excluding tert-OH is 1. The number of hydrogen-bond donors (Lipinski definition) is 1. The van der Waals surface area contributed by atoms with Crippen LogP contribution in [0.15, 0.2) is 29.4 Å². The van der Waals surface area contributed by atoms with Gasteiger partial charge < -0.3 is 19.3 Å². The van der Waals surface area contributed by atoms with Gasteiger partial charge in [0.2, 0.25) is 0 Å². The maximum Gasteiger partial charge on any atom is 0.162 e. The minimum Gasteiger partial charge on any atom is -0.491 e. The van der Waals surface area contributed by atoms with E-state index in [4.69, 9.17) is 19.7 Å². The van der Waals surface area contributed by atoms with Crippen LogP contribution in [0.25, 0.3) is 10.4 Å². The van der Waals surface area contributed by atoms with E-state index in [2.05, 4.69) is 10.0 Å². The molecule has 0 aromatic heterocycles. The molecule has 1 aromatic carbocycles. The van der Waals surface area contributed by atoms with Gasteiger partial charge >= 0.3 is 0 Å². The van der Waals surface area contributed by atoms with Gasteiger partial charge in [0.05, 0.1) is 12.6 Å². The van der Waals surface area contributed by atoms with Crippen LogP contribution in [-0.2, 0) is 15.9 Å². The van der Waals surface area contributed by atoms with Crippen molar-refractivity contribution in [1.82, 2.24) is 0 Å². The van der Waals surface area contributed by atoms with Crippen LogP contribution in [0.2, 0.25) is 0 Å². The van der Waals surface area contributed by atoms with E-state index in [1.165, 1.54) is 7.11 Å². The van der Waals surface area contributed by atoms with Crippen molar-refractivity contribution in [3.05, 3.63) is 40.3 Å². The van der Waals surface area contributed by atoms with Crippen molar-refractivity contribution in [2.75, 3.05) is 27.4 Å². The van der Waals surface area contributed by atoms with Crippen LogP contribution in [0.4, 0.5) is 0 Å². The van der Waals surface area contributed by atoms with Crippen molar-refractivity contribution < 1.29 is 19.3 Å². The topological polar surface area (TPSA) is 96.7 Å². The average Bonchev–Trinajstić information content (AvgIpc) is 2.48. The van der Waals surface area contributed by atoms with Gasteiger partial charge in [0.1, 0.15) is 12.4 Å². The molecule has 110 valence electrons. The molecule has 0 aliphatic heterocycles. The van der Waals surface area contributed by atoms with Gasteiger partial charge in [-0.05, 0) is 29.6 Å². The molecule has 1 unspecified atom stereocenters. The van der Waals surface area contributed by atoms with E-state index in [0.717, 1.165) is 11.3 Å². The summed E-state index contributed by atoms with van der Waals surface area (Å²) >= 11 is 0. The molecule has 0 spiro atoms. The van der Waals surface area contributed by atoms with Crippen molar-refractivity contribution in [2.24, 2.45) is 5.11 Å². The Morgan fingerprint density at radius 2 is 1.95 bits per heavy atom. The molecule has 0 fully saturated rings. The van der Waals surface area contributed by atoms with E-state index in [0.29, 0.717) is 19.6 Å². The minimum absolute atomic E-state index is 0.386. The Labute approximate surface area is 117 Å². The quantitative estimate of drug-likeness (QED) is 0.246. The fourth-order valence-electron chi connectivity index (χ4n) is 1.63. The van der Waals surface area contributed by atoms with Crippen LogP contribution in [-0.4, -0.2) is 44.9 Å². The lowest BCUT2D eigenvalue weighted by atomic mass is 10.1. The summed E-state index contributed by atoms with van der Waals surface area (Å²) in [7, 11) is 2.97. The molecule has 7 heteroatoms. The second-order valence-corrected chi connectivity index (χ2v) is 4.09. The smallest absolute Gasteiger partial charge is 0.162 e. The highest BCUT2D eigenvalue weighted by Crippen LogP contribution is 2.16. The first-order valence-corrected chi connectivity index (χ1v) is 6.17. The number of azide groups is 1. The third kappa shape index (κ3) is 5.46. The Morgan fingerprint density at radius 3 is 2.50 bits per heavy atom. The zero-order chi connectivity index (χ0) is 14.8. The van der Waals surface area contributed by atoms with E-state index in [1.807, 2.05) is 24.3 Å². The summed E-state index contributed by atoms with van der Waals surface area (Å²) in [6.45, 7) is 1.01. The van der Waals surface area contributed by atoms with Crippen LogP contribution in [0.5, 0.6) is 5.75 Å². The van der Waals surface area contributed by atoms with Gasteiger partial charge in [0.15, 0.2) is 6.29 Å². The highest BCUT2D eigenvalue weighted by atomic mass is 16.6. The van der Waals surface area contributed by atoms with Crippen LogP contribution in [0.3, 0.4) is 0 Å². The van der Waals surface area contributed by atoms with Crippen molar-refractivity contribution in [2.45, 2.75) is 18.8 Å². The standard InChI is InChI=1S/C13H19N3O4/c1-18-7-8-20-11-5-3-10(4-6-11)9-12(15-16-14)13(17)19-2/h3-6,12-13,17H,7-9H2,1-2H3/t12-,13?/m0/s1. The van der Waals surface area contributed by atoms with E-state index in [-0.39, 0.29) is 0 Å². The van der Waals surface area contributed by atoms with E-state index in [9.17, 15) is 5.11 Å². The van der Waals surface area contributed by atoms with E-state index in [1.54, 1.807) is 7.11 Å². The Balaban J connectivity index is 2.60. The second kappa shape index (κ2) is 9.17. The van der Waals surface area contributed by atoms with Gasteiger partial charge in [-0.2, -0.15) is 0 Å². The fourth-order valence-corrected chi connectivity index (χ4v) is 1.63. The highest BCUT2D eigenvalue weighted by Gasteiger charge is 2.17. The zero-order valence-electron chi connectivity index (χ0n) is 11.6. The number of ether oxygens (including phenoxy) is 3. The number of rotatable bonds is 9. The zero-order valence-corrected chi connectivity index (χ0v) is 11.6. The lowest BCUT2D eigenvalue weighted by Gasteiger charge is -2.16. The molecule has 0 heterocycles. The first-order valence-electron chi connectivity index (χ1n) is 6.17. The summed E-state index contributed by atoms with van der Waals surface area (Å²) in [5.41, 5.74) is 9.40. The molecule has 1 rings (SSSR count). The van der Waals surface area contributed by atoms with Crippen LogP contribution >= 0.6 is 0 Å². The lowest BCUT2D eigenvalue weighted by molar-refractivity contribution is -0.0888. The van der Waals surface area contributed by atoms with Gasteiger partial charge in [0, 0.05) is 19.1 Å². The van der Waals surface area contributed by atoms with Crippen LogP contribution in [0, 0.1) is 0 Å². The van der Waals surface area contributed by atoms with Gasteiger partial charge in [-0.25, -0.2) is 0 Å². The molecule has 2 atom stereocenters. The lowest BCUT2D eigenvalue weighted by Crippen LogP contribution is -2.27. The Kier molecular flexibility index (Phi) is 7.46. The molecule has 1 N–H and O–H groups in total. The second-order valence-electron chi connectivity index (χ2n) is 4.09. The van der Waals surface area contributed by atoms with Gasteiger partial charge in [-0.3, -0.25) is 0 Å². The summed E-state index contributed by atoms with van der Waals surface area (Å²) in [4.78, 5) is 2.72. The minimum atomic E-state index is -1.12. The van der Waals surface area contributed by atoms with Gasteiger partial charge in [0.25, 0.3) is 0 Å². The largest absolute Gasteiger partial charge is 0.491 e. The van der Waals surface area contributed by atoms with E-state index >= 15 is 0 Å². The highest BCUT2D eigenvalue weighted by molar-refractivity contribution is 5.27. The predicted octanol–water partition coefficient (Wildman–Crippen LogP) is 1.90.